The third kappa shape index (κ3) is 6.85. The topological polar surface area (TPSA) is 69.0 Å². The predicted octanol–water partition coefficient (Wildman–Crippen LogP) is 7.37. The van der Waals surface area contributed by atoms with Crippen LogP contribution in [0.2, 0.25) is 10.0 Å². The number of aryl methyl sites for hydroxylation is 1. The maximum atomic E-state index is 12.8. The van der Waals surface area contributed by atoms with Crippen LogP contribution < -0.4 is 10.1 Å². The highest BCUT2D eigenvalue weighted by atomic mass is 35.5. The molecule has 0 bridgehead atoms. The van der Waals surface area contributed by atoms with Gasteiger partial charge < -0.3 is 10.1 Å². The molecule has 0 spiro atoms. The van der Waals surface area contributed by atoms with Gasteiger partial charge in [0.15, 0.2) is 0 Å². The Morgan fingerprint density at radius 1 is 1.05 bits per heavy atom. The molecule has 11 heteroatoms. The molecule has 198 valence electrons. The fraction of sp³-hybridized carbons (Fsp3) is 0.222. The Morgan fingerprint density at radius 2 is 1.79 bits per heavy atom. The second kappa shape index (κ2) is 11.4. The number of nitrogens with one attached hydrogen (secondary N) is 1. The lowest BCUT2D eigenvalue weighted by Crippen LogP contribution is -2.16. The molecule has 4 rings (SSSR count). The first-order chi connectivity index (χ1) is 18.0. The number of alkyl halides is 3. The number of amides is 1. The summed E-state index contributed by atoms with van der Waals surface area (Å²) in [6.45, 7) is 3.26. The van der Waals surface area contributed by atoms with Crippen LogP contribution >= 0.6 is 23.2 Å². The summed E-state index contributed by atoms with van der Waals surface area (Å²) in [5, 5.41) is 8.27. The summed E-state index contributed by atoms with van der Waals surface area (Å²) in [6, 6.07) is 15.2. The van der Waals surface area contributed by atoms with E-state index in [1.165, 1.54) is 0 Å². The molecule has 4 aromatic rings. The number of anilines is 1. The number of carbonyl (C=O) groups excluding carboxylic acids is 1. The van der Waals surface area contributed by atoms with Crippen LogP contribution in [-0.4, -0.2) is 33.5 Å². The van der Waals surface area contributed by atoms with Crippen molar-refractivity contribution in [2.45, 2.75) is 32.9 Å². The van der Waals surface area contributed by atoms with Gasteiger partial charge in [0.2, 0.25) is 5.91 Å². The number of pyridine rings is 1. The molecule has 0 atom stereocenters. The zero-order valence-corrected chi connectivity index (χ0v) is 22.0. The smallest absolute Gasteiger partial charge is 0.392 e. The molecule has 2 aromatic carbocycles. The first kappa shape index (κ1) is 27.5. The maximum absolute atomic E-state index is 12.8. The molecule has 2 heterocycles. The van der Waals surface area contributed by atoms with Gasteiger partial charge in [0.05, 0.1) is 41.5 Å². The monoisotopic (exact) mass is 562 g/mol. The standard InChI is InChI=1S/C27H23Cl2F3N4O2/c1-16-3-10-24(33-15-16)34-25(37)14-22-17(2)26(36(35-22)23-9-6-19(28)13-21(23)29)18-4-7-20(8-5-18)38-12-11-27(30,31)32/h3-10,13,15H,11-12,14H2,1-2H3,(H,33,34,37). The minimum absolute atomic E-state index is 0.0226. The van der Waals surface area contributed by atoms with Crippen molar-refractivity contribution >= 4 is 34.9 Å². The van der Waals surface area contributed by atoms with Crippen LogP contribution in [0.4, 0.5) is 19.0 Å². The van der Waals surface area contributed by atoms with Crippen molar-refractivity contribution in [3.63, 3.8) is 0 Å². The molecule has 0 saturated carbocycles. The number of nitrogens with zero attached hydrogens (tertiary/aromatic N) is 3. The first-order valence-corrected chi connectivity index (χ1v) is 12.3. The third-order valence-electron chi connectivity index (χ3n) is 5.65. The van der Waals surface area contributed by atoms with Gasteiger partial charge in [-0.2, -0.15) is 18.3 Å². The van der Waals surface area contributed by atoms with Gasteiger partial charge in [-0.1, -0.05) is 29.3 Å². The summed E-state index contributed by atoms with van der Waals surface area (Å²) in [6.07, 6.45) is -3.70. The molecule has 0 radical (unpaired) electrons. The van der Waals surface area contributed by atoms with Gasteiger partial charge in [0, 0.05) is 16.8 Å². The van der Waals surface area contributed by atoms with Crippen LogP contribution in [-0.2, 0) is 11.2 Å². The largest absolute Gasteiger partial charge is 0.493 e. The van der Waals surface area contributed by atoms with E-state index >= 15 is 0 Å². The summed E-state index contributed by atoms with van der Waals surface area (Å²) < 4.78 is 44.2. The molecule has 0 saturated heterocycles. The van der Waals surface area contributed by atoms with Crippen molar-refractivity contribution in [1.82, 2.24) is 14.8 Å². The number of carbonyl (C=O) groups is 1. The first-order valence-electron chi connectivity index (χ1n) is 11.6. The van der Waals surface area contributed by atoms with Crippen molar-refractivity contribution in [1.29, 1.82) is 0 Å². The minimum Gasteiger partial charge on any atom is -0.493 e. The lowest BCUT2D eigenvalue weighted by atomic mass is 10.0. The maximum Gasteiger partial charge on any atom is 0.392 e. The molecule has 6 nitrogen and oxygen atoms in total. The van der Waals surface area contributed by atoms with Gasteiger partial charge in [-0.05, 0) is 73.5 Å². The fourth-order valence-corrected chi connectivity index (χ4v) is 4.24. The number of hydrogen-bond donors (Lipinski definition) is 1. The highest BCUT2D eigenvalue weighted by Crippen LogP contribution is 2.34. The van der Waals surface area contributed by atoms with Crippen LogP contribution in [0.15, 0.2) is 60.8 Å². The van der Waals surface area contributed by atoms with Gasteiger partial charge in [-0.15, -0.1) is 0 Å². The van der Waals surface area contributed by atoms with Crippen molar-refractivity contribution in [2.24, 2.45) is 0 Å². The van der Waals surface area contributed by atoms with E-state index in [-0.39, 0.29) is 12.3 Å². The molecule has 38 heavy (non-hydrogen) atoms. The highest BCUT2D eigenvalue weighted by molar-refractivity contribution is 6.35. The summed E-state index contributed by atoms with van der Waals surface area (Å²) in [4.78, 5) is 17.0. The van der Waals surface area contributed by atoms with Crippen LogP contribution in [0.25, 0.3) is 16.9 Å². The number of hydrogen-bond acceptors (Lipinski definition) is 4. The van der Waals surface area contributed by atoms with E-state index in [1.54, 1.807) is 59.4 Å². The summed E-state index contributed by atoms with van der Waals surface area (Å²) >= 11 is 12.6. The number of ether oxygens (including phenoxy) is 1. The number of halogens is 5. The summed E-state index contributed by atoms with van der Waals surface area (Å²) in [5.74, 6) is 0.437. The Hall–Kier alpha value is -3.56. The van der Waals surface area contributed by atoms with Crippen molar-refractivity contribution in [3.05, 3.63) is 87.7 Å². The van der Waals surface area contributed by atoms with Gasteiger partial charge in [0.25, 0.3) is 0 Å². The number of benzene rings is 2. The normalized spacial score (nSPS) is 11.4. The molecule has 2 aromatic heterocycles. The second-order valence-corrected chi connectivity index (χ2v) is 9.46. The SMILES string of the molecule is Cc1ccc(NC(=O)Cc2nn(-c3ccc(Cl)cc3Cl)c(-c3ccc(OCCC(F)(F)F)cc3)c2C)nc1. The Balaban J connectivity index is 1.65. The van der Waals surface area contributed by atoms with E-state index in [0.29, 0.717) is 44.3 Å². The number of aromatic nitrogens is 3. The zero-order valence-electron chi connectivity index (χ0n) is 20.4. The van der Waals surface area contributed by atoms with Crippen LogP contribution in [0, 0.1) is 13.8 Å². The molecule has 0 aliphatic rings. The second-order valence-electron chi connectivity index (χ2n) is 8.61. The van der Waals surface area contributed by atoms with Gasteiger partial charge in [-0.3, -0.25) is 4.79 Å². The van der Waals surface area contributed by atoms with E-state index in [4.69, 9.17) is 33.0 Å². The van der Waals surface area contributed by atoms with Crippen LogP contribution in [0.1, 0.15) is 23.2 Å². The Morgan fingerprint density at radius 3 is 2.42 bits per heavy atom. The van der Waals surface area contributed by atoms with E-state index in [9.17, 15) is 18.0 Å². The van der Waals surface area contributed by atoms with E-state index in [1.807, 2.05) is 19.9 Å². The minimum atomic E-state index is -4.29. The Labute approximate surface area is 227 Å². The quantitative estimate of drug-likeness (QED) is 0.243. The van der Waals surface area contributed by atoms with Gasteiger partial charge in [0.1, 0.15) is 11.6 Å². The zero-order chi connectivity index (χ0) is 27.4. The molecule has 1 N–H and O–H groups in total. The summed E-state index contributed by atoms with van der Waals surface area (Å²) in [7, 11) is 0. The lowest BCUT2D eigenvalue weighted by molar-refractivity contribution is -0.139. The molecular formula is C27H23Cl2F3N4O2. The fourth-order valence-electron chi connectivity index (χ4n) is 3.75. The van der Waals surface area contributed by atoms with E-state index < -0.39 is 19.2 Å². The Bertz CT molecular complexity index is 1440. The highest BCUT2D eigenvalue weighted by Gasteiger charge is 2.27. The average molecular weight is 563 g/mol. The van der Waals surface area contributed by atoms with Crippen molar-refractivity contribution in [3.8, 4) is 22.7 Å². The van der Waals surface area contributed by atoms with Gasteiger partial charge in [-0.25, -0.2) is 9.67 Å². The molecule has 0 unspecified atom stereocenters. The molecule has 0 aliphatic heterocycles. The van der Waals surface area contributed by atoms with Gasteiger partial charge >= 0.3 is 6.18 Å². The molecule has 0 fully saturated rings. The average Bonchev–Trinajstić information content (AvgIpc) is 3.15. The van der Waals surface area contributed by atoms with Crippen LogP contribution in [0.3, 0.4) is 0 Å². The van der Waals surface area contributed by atoms with Crippen molar-refractivity contribution < 1.29 is 22.7 Å². The molecule has 1 amide bonds. The van der Waals surface area contributed by atoms with Crippen LogP contribution in [0.5, 0.6) is 5.75 Å². The van der Waals surface area contributed by atoms with E-state index in [2.05, 4.69) is 10.3 Å². The molecule has 0 aliphatic carbocycles. The molecular weight excluding hydrogens is 540 g/mol. The lowest BCUT2D eigenvalue weighted by Gasteiger charge is -2.12. The van der Waals surface area contributed by atoms with E-state index in [0.717, 1.165) is 11.1 Å². The summed E-state index contributed by atoms with van der Waals surface area (Å²) in [5.41, 5.74) is 4.13. The third-order valence-corrected chi connectivity index (χ3v) is 6.19. The number of rotatable bonds is 8. The van der Waals surface area contributed by atoms with Crippen molar-refractivity contribution in [2.75, 3.05) is 11.9 Å². The predicted molar refractivity (Wildman–Crippen MR) is 141 cm³/mol. The Kier molecular flexibility index (Phi) is 8.28.